The van der Waals surface area contributed by atoms with Gasteiger partial charge in [-0.1, -0.05) is 35.4 Å². The molecule has 0 radical (unpaired) electrons. The van der Waals surface area contributed by atoms with Crippen LogP contribution < -0.4 is 0 Å². The number of nitrogens with zero attached hydrogens (tertiary/aromatic N) is 2. The highest BCUT2D eigenvalue weighted by Gasteiger charge is 2.07. The summed E-state index contributed by atoms with van der Waals surface area (Å²) in [4.78, 5) is 0. The summed E-state index contributed by atoms with van der Waals surface area (Å²) in [6, 6.07) is 8.00. The fourth-order valence-electron chi connectivity index (χ4n) is 1.25. The van der Waals surface area contributed by atoms with E-state index >= 15 is 0 Å². The molecule has 0 spiro atoms. The quantitative estimate of drug-likeness (QED) is 0.614. The van der Waals surface area contributed by atoms with Crippen molar-refractivity contribution in [2.45, 2.75) is 19.1 Å². The Kier molecular flexibility index (Phi) is 3.84. The van der Waals surface area contributed by atoms with Crippen LogP contribution in [0.25, 0.3) is 11.5 Å². The van der Waals surface area contributed by atoms with E-state index in [-0.39, 0.29) is 0 Å². The third kappa shape index (κ3) is 3.11. The lowest BCUT2D eigenvalue weighted by atomic mass is 10.1. The molecule has 0 amide bonds. The number of hydrogen-bond donors (Lipinski definition) is 0. The summed E-state index contributed by atoms with van der Waals surface area (Å²) < 4.78 is 5.53. The van der Waals surface area contributed by atoms with E-state index in [2.05, 4.69) is 22.0 Å². The van der Waals surface area contributed by atoms with Gasteiger partial charge in [0.25, 0.3) is 5.22 Å². The first-order chi connectivity index (χ1) is 8.29. The number of rotatable bonds is 3. The Labute approximate surface area is 105 Å². The van der Waals surface area contributed by atoms with Gasteiger partial charge in [-0.3, -0.25) is 0 Å². The van der Waals surface area contributed by atoms with Gasteiger partial charge in [-0.15, -0.1) is 16.1 Å². The second kappa shape index (κ2) is 5.55. The summed E-state index contributed by atoms with van der Waals surface area (Å²) in [5.74, 6) is 6.99. The van der Waals surface area contributed by atoms with Gasteiger partial charge in [-0.25, -0.2) is 0 Å². The predicted octanol–water partition coefficient (Wildman–Crippen LogP) is 3.16. The molecule has 0 fully saturated rings. The lowest BCUT2D eigenvalue weighted by molar-refractivity contribution is 0.466. The highest BCUT2D eigenvalue weighted by atomic mass is 32.2. The van der Waals surface area contributed by atoms with Crippen molar-refractivity contribution in [3.63, 3.8) is 0 Å². The minimum atomic E-state index is 0.553. The Morgan fingerprint density at radius 1 is 1.24 bits per heavy atom. The molecule has 4 heteroatoms. The third-order valence-corrected chi connectivity index (χ3v) is 2.85. The Hall–Kier alpha value is -1.73. The van der Waals surface area contributed by atoms with Crippen molar-refractivity contribution in [1.29, 1.82) is 0 Å². The molecule has 1 aromatic heterocycles. The summed E-state index contributed by atoms with van der Waals surface area (Å²) >= 11 is 1.45. The Morgan fingerprint density at radius 2 is 2.00 bits per heavy atom. The molecule has 86 valence electrons. The lowest BCUT2D eigenvalue weighted by Crippen LogP contribution is -1.77. The zero-order valence-electron chi connectivity index (χ0n) is 9.73. The van der Waals surface area contributed by atoms with Gasteiger partial charge in [-0.2, -0.15) is 0 Å². The van der Waals surface area contributed by atoms with Gasteiger partial charge in [0.1, 0.15) is 0 Å². The molecule has 1 aromatic carbocycles. The molecule has 0 aliphatic heterocycles. The average Bonchev–Trinajstić information content (AvgIpc) is 2.79. The number of aromatic nitrogens is 2. The molecule has 0 N–H and O–H groups in total. The van der Waals surface area contributed by atoms with E-state index in [0.717, 1.165) is 5.56 Å². The Bertz CT molecular complexity index is 549. The van der Waals surface area contributed by atoms with Crippen LogP contribution in [0.3, 0.4) is 0 Å². The van der Waals surface area contributed by atoms with Crippen LogP contribution >= 0.6 is 11.8 Å². The molecule has 17 heavy (non-hydrogen) atoms. The zero-order chi connectivity index (χ0) is 12.1. The van der Waals surface area contributed by atoms with Crippen molar-refractivity contribution >= 4 is 11.8 Å². The van der Waals surface area contributed by atoms with E-state index in [1.54, 1.807) is 0 Å². The maximum atomic E-state index is 5.53. The highest BCUT2D eigenvalue weighted by Crippen LogP contribution is 2.22. The van der Waals surface area contributed by atoms with Gasteiger partial charge >= 0.3 is 0 Å². The van der Waals surface area contributed by atoms with Gasteiger partial charge < -0.3 is 4.42 Å². The van der Waals surface area contributed by atoms with E-state index < -0.39 is 0 Å². The molecule has 0 aliphatic carbocycles. The fourth-order valence-corrected chi connectivity index (χ4v) is 1.83. The highest BCUT2D eigenvalue weighted by molar-refractivity contribution is 7.99. The van der Waals surface area contributed by atoms with Crippen LogP contribution in [-0.2, 0) is 0 Å². The van der Waals surface area contributed by atoms with Crippen LogP contribution in [0.2, 0.25) is 0 Å². The van der Waals surface area contributed by atoms with Crippen LogP contribution in [0.15, 0.2) is 33.9 Å². The first-order valence-corrected chi connectivity index (χ1v) is 6.21. The predicted molar refractivity (Wildman–Crippen MR) is 68.6 cm³/mol. The summed E-state index contributed by atoms with van der Waals surface area (Å²) in [5, 5.41) is 8.53. The average molecular weight is 244 g/mol. The van der Waals surface area contributed by atoms with E-state index in [4.69, 9.17) is 4.42 Å². The van der Waals surface area contributed by atoms with Gasteiger partial charge in [0.2, 0.25) is 5.89 Å². The zero-order valence-corrected chi connectivity index (χ0v) is 10.5. The first-order valence-electron chi connectivity index (χ1n) is 5.22. The number of aryl methyl sites for hydroxylation is 1. The van der Waals surface area contributed by atoms with E-state index in [1.807, 2.05) is 38.1 Å². The molecular weight excluding hydrogens is 232 g/mol. The van der Waals surface area contributed by atoms with Crippen LogP contribution in [0.1, 0.15) is 12.5 Å². The Morgan fingerprint density at radius 3 is 2.71 bits per heavy atom. The molecule has 0 bridgehead atoms. The molecule has 0 atom stereocenters. The van der Waals surface area contributed by atoms with Crippen LogP contribution in [0.4, 0.5) is 0 Å². The normalized spacial score (nSPS) is 9.76. The van der Waals surface area contributed by atoms with Crippen molar-refractivity contribution in [2.75, 3.05) is 5.75 Å². The van der Waals surface area contributed by atoms with Crippen molar-refractivity contribution < 1.29 is 4.42 Å². The van der Waals surface area contributed by atoms with Crippen molar-refractivity contribution in [1.82, 2.24) is 10.2 Å². The smallest absolute Gasteiger partial charge is 0.277 e. The molecule has 2 aromatic rings. The molecule has 0 saturated carbocycles. The summed E-state index contributed by atoms with van der Waals surface area (Å²) in [6.45, 7) is 3.86. The number of hydrogen-bond acceptors (Lipinski definition) is 4. The van der Waals surface area contributed by atoms with Crippen molar-refractivity contribution in [3.8, 4) is 23.3 Å². The maximum absolute atomic E-state index is 5.53. The van der Waals surface area contributed by atoms with E-state index in [9.17, 15) is 0 Å². The second-order valence-corrected chi connectivity index (χ2v) is 4.38. The van der Waals surface area contributed by atoms with Gasteiger partial charge in [0.05, 0.1) is 5.75 Å². The van der Waals surface area contributed by atoms with Gasteiger partial charge in [0, 0.05) is 5.56 Å². The summed E-state index contributed by atoms with van der Waals surface area (Å²) in [5.41, 5.74) is 2.15. The van der Waals surface area contributed by atoms with Crippen LogP contribution in [-0.4, -0.2) is 16.0 Å². The third-order valence-electron chi connectivity index (χ3n) is 2.15. The van der Waals surface area contributed by atoms with E-state index in [1.165, 1.54) is 17.3 Å². The molecule has 0 unspecified atom stereocenters. The van der Waals surface area contributed by atoms with Crippen molar-refractivity contribution in [3.05, 3.63) is 29.8 Å². The first kappa shape index (κ1) is 11.7. The van der Waals surface area contributed by atoms with Crippen LogP contribution in [0.5, 0.6) is 0 Å². The summed E-state index contributed by atoms with van der Waals surface area (Å²) in [7, 11) is 0. The SMILES string of the molecule is CC#CCSc1nnc(-c2ccc(C)cc2)o1. The standard InChI is InChI=1S/C13H12N2OS/c1-3-4-9-17-13-15-14-12(16-13)11-7-5-10(2)6-8-11/h5-8H,9H2,1-2H3. The minimum absolute atomic E-state index is 0.553. The summed E-state index contributed by atoms with van der Waals surface area (Å²) in [6.07, 6.45) is 0. The molecular formula is C13H12N2OS. The number of thioether (sulfide) groups is 1. The molecule has 0 saturated heterocycles. The maximum Gasteiger partial charge on any atom is 0.277 e. The molecule has 3 nitrogen and oxygen atoms in total. The van der Waals surface area contributed by atoms with E-state index in [0.29, 0.717) is 16.9 Å². The fraction of sp³-hybridized carbons (Fsp3) is 0.231. The number of benzene rings is 1. The molecule has 1 heterocycles. The van der Waals surface area contributed by atoms with Crippen molar-refractivity contribution in [2.24, 2.45) is 0 Å². The monoisotopic (exact) mass is 244 g/mol. The van der Waals surface area contributed by atoms with Gasteiger partial charge in [-0.05, 0) is 26.0 Å². The minimum Gasteiger partial charge on any atom is -0.411 e. The largest absolute Gasteiger partial charge is 0.411 e. The lowest BCUT2D eigenvalue weighted by Gasteiger charge is -1.94. The molecule has 2 rings (SSSR count). The molecule has 0 aliphatic rings. The van der Waals surface area contributed by atoms with Crippen LogP contribution in [0, 0.1) is 18.8 Å². The topological polar surface area (TPSA) is 38.9 Å². The van der Waals surface area contributed by atoms with Gasteiger partial charge in [0.15, 0.2) is 0 Å². The Balaban J connectivity index is 2.11. The second-order valence-electron chi connectivity index (χ2n) is 3.45.